The van der Waals surface area contributed by atoms with Crippen LogP contribution < -0.4 is 0 Å². The number of hydrogen-bond donors (Lipinski definition) is 1. The first-order valence-electron chi connectivity index (χ1n) is 5.60. The van der Waals surface area contributed by atoms with Crippen LogP contribution in [0.3, 0.4) is 0 Å². The molecular formula is C11H25NO3. The van der Waals surface area contributed by atoms with Gasteiger partial charge in [0.15, 0.2) is 0 Å². The van der Waals surface area contributed by atoms with E-state index in [2.05, 4.69) is 11.9 Å². The van der Waals surface area contributed by atoms with E-state index in [9.17, 15) is 0 Å². The molecule has 0 aromatic rings. The maximum Gasteiger partial charge on any atom is 0.0700 e. The summed E-state index contributed by atoms with van der Waals surface area (Å²) in [4.78, 5) is 2.21. The Labute approximate surface area is 93.2 Å². The van der Waals surface area contributed by atoms with Crippen molar-refractivity contribution in [3.05, 3.63) is 0 Å². The molecule has 1 N–H and O–H groups in total. The van der Waals surface area contributed by atoms with E-state index in [0.29, 0.717) is 13.2 Å². The second kappa shape index (κ2) is 10.4. The first kappa shape index (κ1) is 14.8. The lowest BCUT2D eigenvalue weighted by atomic mass is 10.2. The topological polar surface area (TPSA) is 41.9 Å². The molecule has 0 radical (unpaired) electrons. The van der Waals surface area contributed by atoms with Gasteiger partial charge in [-0.3, -0.25) is 0 Å². The monoisotopic (exact) mass is 219 g/mol. The molecule has 4 heteroatoms. The molecule has 92 valence electrons. The van der Waals surface area contributed by atoms with E-state index in [-0.39, 0.29) is 6.10 Å². The van der Waals surface area contributed by atoms with E-state index in [1.54, 1.807) is 7.11 Å². The van der Waals surface area contributed by atoms with Crippen molar-refractivity contribution < 1.29 is 14.6 Å². The Balaban J connectivity index is 3.13. The van der Waals surface area contributed by atoms with Crippen LogP contribution in [-0.2, 0) is 9.47 Å². The van der Waals surface area contributed by atoms with Crippen LogP contribution in [0.4, 0.5) is 0 Å². The van der Waals surface area contributed by atoms with Crippen LogP contribution in [0.5, 0.6) is 0 Å². The molecular weight excluding hydrogens is 194 g/mol. The van der Waals surface area contributed by atoms with Gasteiger partial charge in [0.25, 0.3) is 0 Å². The molecule has 0 saturated carbocycles. The summed E-state index contributed by atoms with van der Waals surface area (Å²) in [6, 6.07) is 0. The SMILES string of the molecule is COCCOCCCN(C)CCC(C)O. The van der Waals surface area contributed by atoms with Gasteiger partial charge >= 0.3 is 0 Å². The van der Waals surface area contributed by atoms with E-state index in [1.165, 1.54) is 0 Å². The van der Waals surface area contributed by atoms with Crippen LogP contribution in [0.15, 0.2) is 0 Å². The summed E-state index contributed by atoms with van der Waals surface area (Å²) in [6.07, 6.45) is 1.66. The van der Waals surface area contributed by atoms with Crippen molar-refractivity contribution in [1.29, 1.82) is 0 Å². The highest BCUT2D eigenvalue weighted by Crippen LogP contribution is 1.95. The Morgan fingerprint density at radius 2 is 1.93 bits per heavy atom. The summed E-state index contributed by atoms with van der Waals surface area (Å²) in [6.45, 7) is 5.89. The maximum absolute atomic E-state index is 9.10. The second-order valence-corrected chi connectivity index (χ2v) is 3.90. The Hall–Kier alpha value is -0.160. The molecule has 0 heterocycles. The molecule has 0 aromatic carbocycles. The van der Waals surface area contributed by atoms with Gasteiger partial charge in [-0.15, -0.1) is 0 Å². The summed E-state index contributed by atoms with van der Waals surface area (Å²) >= 11 is 0. The van der Waals surface area contributed by atoms with Gasteiger partial charge in [-0.05, 0) is 26.8 Å². The van der Waals surface area contributed by atoms with E-state index >= 15 is 0 Å². The van der Waals surface area contributed by atoms with Crippen molar-refractivity contribution in [1.82, 2.24) is 4.90 Å². The highest BCUT2D eigenvalue weighted by Gasteiger charge is 2.00. The van der Waals surface area contributed by atoms with Gasteiger partial charge in [0, 0.05) is 26.8 Å². The van der Waals surface area contributed by atoms with Gasteiger partial charge in [0.05, 0.1) is 19.3 Å². The average molecular weight is 219 g/mol. The zero-order valence-electron chi connectivity index (χ0n) is 10.2. The molecule has 4 nitrogen and oxygen atoms in total. The van der Waals surface area contributed by atoms with Gasteiger partial charge in [-0.25, -0.2) is 0 Å². The highest BCUT2D eigenvalue weighted by molar-refractivity contribution is 4.55. The molecule has 0 aromatic heterocycles. The van der Waals surface area contributed by atoms with E-state index < -0.39 is 0 Å². The second-order valence-electron chi connectivity index (χ2n) is 3.90. The molecule has 0 rings (SSSR count). The zero-order chi connectivity index (χ0) is 11.5. The minimum absolute atomic E-state index is 0.203. The Bertz CT molecular complexity index is 131. The van der Waals surface area contributed by atoms with E-state index in [0.717, 1.165) is 32.5 Å². The van der Waals surface area contributed by atoms with Crippen LogP contribution in [-0.4, -0.2) is 63.2 Å². The molecule has 0 spiro atoms. The van der Waals surface area contributed by atoms with Crippen LogP contribution in [0.25, 0.3) is 0 Å². The normalized spacial score (nSPS) is 13.4. The zero-order valence-corrected chi connectivity index (χ0v) is 10.2. The average Bonchev–Trinajstić information content (AvgIpc) is 2.20. The smallest absolute Gasteiger partial charge is 0.0700 e. The van der Waals surface area contributed by atoms with Crippen molar-refractivity contribution in [2.75, 3.05) is 47.1 Å². The summed E-state index contributed by atoms with van der Waals surface area (Å²) in [5.74, 6) is 0. The fraction of sp³-hybridized carbons (Fsp3) is 1.00. The summed E-state index contributed by atoms with van der Waals surface area (Å²) < 4.78 is 10.2. The standard InChI is InChI=1S/C11H25NO3/c1-11(13)5-7-12(2)6-4-8-15-10-9-14-3/h11,13H,4-10H2,1-3H3. The fourth-order valence-electron chi connectivity index (χ4n) is 1.20. The van der Waals surface area contributed by atoms with Crippen LogP contribution >= 0.6 is 0 Å². The number of rotatable bonds is 10. The molecule has 0 amide bonds. The van der Waals surface area contributed by atoms with Gasteiger partial charge in [0.2, 0.25) is 0 Å². The summed E-state index contributed by atoms with van der Waals surface area (Å²) in [5.41, 5.74) is 0. The lowest BCUT2D eigenvalue weighted by Gasteiger charge is -2.17. The number of methoxy groups -OCH3 is 1. The Kier molecular flexibility index (Phi) is 10.3. The largest absolute Gasteiger partial charge is 0.393 e. The number of ether oxygens (including phenoxy) is 2. The molecule has 0 aliphatic heterocycles. The third-order valence-corrected chi connectivity index (χ3v) is 2.19. The lowest BCUT2D eigenvalue weighted by molar-refractivity contribution is 0.0656. The van der Waals surface area contributed by atoms with Crippen molar-refractivity contribution in [2.24, 2.45) is 0 Å². The molecule has 0 bridgehead atoms. The van der Waals surface area contributed by atoms with Gasteiger partial charge in [0.1, 0.15) is 0 Å². The van der Waals surface area contributed by atoms with Crippen molar-refractivity contribution in [3.8, 4) is 0 Å². The van der Waals surface area contributed by atoms with E-state index in [1.807, 2.05) is 6.92 Å². The molecule has 0 aliphatic carbocycles. The van der Waals surface area contributed by atoms with Crippen LogP contribution in [0.2, 0.25) is 0 Å². The number of nitrogens with zero attached hydrogens (tertiary/aromatic N) is 1. The minimum atomic E-state index is -0.203. The molecule has 0 saturated heterocycles. The molecule has 1 atom stereocenters. The predicted octanol–water partition coefficient (Wildman–Crippen LogP) is 0.742. The van der Waals surface area contributed by atoms with Crippen molar-refractivity contribution in [2.45, 2.75) is 25.9 Å². The Morgan fingerprint density at radius 1 is 1.20 bits per heavy atom. The van der Waals surface area contributed by atoms with Gasteiger partial charge < -0.3 is 19.5 Å². The molecule has 15 heavy (non-hydrogen) atoms. The van der Waals surface area contributed by atoms with Crippen LogP contribution in [0, 0.1) is 0 Å². The number of aliphatic hydroxyl groups is 1. The quantitative estimate of drug-likeness (QED) is 0.550. The summed E-state index contributed by atoms with van der Waals surface area (Å²) in [7, 11) is 3.74. The van der Waals surface area contributed by atoms with E-state index in [4.69, 9.17) is 14.6 Å². The first-order chi connectivity index (χ1) is 7.16. The molecule has 0 aliphatic rings. The van der Waals surface area contributed by atoms with Crippen molar-refractivity contribution >= 4 is 0 Å². The Morgan fingerprint density at radius 3 is 2.53 bits per heavy atom. The molecule has 1 unspecified atom stereocenters. The third kappa shape index (κ3) is 11.8. The third-order valence-electron chi connectivity index (χ3n) is 2.19. The van der Waals surface area contributed by atoms with Crippen LogP contribution in [0.1, 0.15) is 19.8 Å². The van der Waals surface area contributed by atoms with Gasteiger partial charge in [-0.2, -0.15) is 0 Å². The molecule has 0 fully saturated rings. The van der Waals surface area contributed by atoms with Gasteiger partial charge in [-0.1, -0.05) is 0 Å². The summed E-state index contributed by atoms with van der Waals surface area (Å²) in [5, 5.41) is 9.10. The lowest BCUT2D eigenvalue weighted by Crippen LogP contribution is -2.24. The number of hydrogen-bond acceptors (Lipinski definition) is 4. The minimum Gasteiger partial charge on any atom is -0.393 e. The first-order valence-corrected chi connectivity index (χ1v) is 5.60. The number of aliphatic hydroxyl groups excluding tert-OH is 1. The maximum atomic E-state index is 9.10. The van der Waals surface area contributed by atoms with Crippen molar-refractivity contribution in [3.63, 3.8) is 0 Å². The highest BCUT2D eigenvalue weighted by atomic mass is 16.5. The fourth-order valence-corrected chi connectivity index (χ4v) is 1.20. The predicted molar refractivity (Wildman–Crippen MR) is 61.1 cm³/mol.